The van der Waals surface area contributed by atoms with E-state index >= 15 is 0 Å². The van der Waals surface area contributed by atoms with Crippen molar-refractivity contribution in [2.24, 2.45) is 5.92 Å². The molecule has 0 bridgehead atoms. The minimum Gasteiger partial charge on any atom is -0.371 e. The number of ether oxygens (including phenoxy) is 1. The highest BCUT2D eigenvalue weighted by Crippen LogP contribution is 2.30. The van der Waals surface area contributed by atoms with E-state index in [1.54, 1.807) is 0 Å². The van der Waals surface area contributed by atoms with Crippen molar-refractivity contribution in [3.63, 3.8) is 0 Å². The van der Waals surface area contributed by atoms with Crippen LogP contribution in [0.5, 0.6) is 0 Å². The molecule has 0 saturated heterocycles. The second-order valence-corrected chi connectivity index (χ2v) is 4.59. The summed E-state index contributed by atoms with van der Waals surface area (Å²) in [7, 11) is 0. The van der Waals surface area contributed by atoms with E-state index in [0.717, 1.165) is 25.4 Å². The number of hydrogen-bond acceptors (Lipinski definition) is 1. The largest absolute Gasteiger partial charge is 0.371 e. The first-order chi connectivity index (χ1) is 5.52. The van der Waals surface area contributed by atoms with Gasteiger partial charge in [-0.25, -0.2) is 0 Å². The molecule has 0 aromatic rings. The van der Waals surface area contributed by atoms with Gasteiger partial charge in [-0.15, -0.1) is 0 Å². The molecule has 0 radical (unpaired) electrons. The Morgan fingerprint density at radius 3 is 2.75 bits per heavy atom. The molecule has 0 fully saturated rings. The van der Waals surface area contributed by atoms with Crippen LogP contribution in [0.25, 0.3) is 0 Å². The summed E-state index contributed by atoms with van der Waals surface area (Å²) in [5, 5.41) is 0. The van der Waals surface area contributed by atoms with Gasteiger partial charge in [0, 0.05) is 0 Å². The van der Waals surface area contributed by atoms with Crippen molar-refractivity contribution >= 4 is 0 Å². The van der Waals surface area contributed by atoms with Gasteiger partial charge < -0.3 is 4.74 Å². The molecule has 1 heteroatoms. The van der Waals surface area contributed by atoms with E-state index in [1.165, 1.54) is 5.57 Å². The van der Waals surface area contributed by atoms with Gasteiger partial charge in [0.05, 0.1) is 12.2 Å². The molecule has 1 aliphatic heterocycles. The molecular weight excluding hydrogens is 148 g/mol. The van der Waals surface area contributed by atoms with Crippen molar-refractivity contribution in [2.75, 3.05) is 6.61 Å². The fourth-order valence-corrected chi connectivity index (χ4v) is 2.09. The monoisotopic (exact) mass is 168 g/mol. The Balaban J connectivity index is 2.55. The Morgan fingerprint density at radius 2 is 2.25 bits per heavy atom. The van der Waals surface area contributed by atoms with E-state index in [1.807, 2.05) is 0 Å². The molecule has 0 amide bonds. The zero-order valence-corrected chi connectivity index (χ0v) is 8.68. The van der Waals surface area contributed by atoms with Crippen molar-refractivity contribution in [3.05, 3.63) is 11.6 Å². The average molecular weight is 168 g/mol. The second-order valence-electron chi connectivity index (χ2n) is 4.59. The van der Waals surface area contributed by atoms with Crippen molar-refractivity contribution in [1.29, 1.82) is 0 Å². The molecule has 0 N–H and O–H groups in total. The summed E-state index contributed by atoms with van der Waals surface area (Å²) in [6.45, 7) is 9.73. The summed E-state index contributed by atoms with van der Waals surface area (Å²) in [6.07, 6.45) is 4.45. The molecule has 1 unspecified atom stereocenters. The average Bonchev–Trinajstić information content (AvgIpc) is 1.82. The van der Waals surface area contributed by atoms with E-state index in [0.29, 0.717) is 0 Å². The van der Waals surface area contributed by atoms with Crippen molar-refractivity contribution in [1.82, 2.24) is 0 Å². The van der Waals surface area contributed by atoms with Crippen LogP contribution in [0.4, 0.5) is 0 Å². The molecule has 1 aliphatic rings. The topological polar surface area (TPSA) is 9.23 Å². The number of rotatable bonds is 2. The Bertz CT molecular complexity index is 181. The molecule has 0 aromatic heterocycles. The molecule has 1 nitrogen and oxygen atoms in total. The van der Waals surface area contributed by atoms with Crippen LogP contribution in [0.1, 0.15) is 40.5 Å². The van der Waals surface area contributed by atoms with E-state index in [9.17, 15) is 0 Å². The van der Waals surface area contributed by atoms with Crippen LogP contribution in [0.15, 0.2) is 11.6 Å². The lowest BCUT2D eigenvalue weighted by Gasteiger charge is -2.34. The first kappa shape index (κ1) is 9.79. The Kier molecular flexibility index (Phi) is 2.94. The SMILES string of the molecule is CC1=CCOC(C)(CC(C)C)C1. The van der Waals surface area contributed by atoms with E-state index in [4.69, 9.17) is 4.74 Å². The first-order valence-corrected chi connectivity index (χ1v) is 4.81. The predicted octanol–water partition coefficient (Wildman–Crippen LogP) is 3.16. The molecular formula is C11H20O. The Hall–Kier alpha value is -0.300. The van der Waals surface area contributed by atoms with Gasteiger partial charge in [0.2, 0.25) is 0 Å². The lowest BCUT2D eigenvalue weighted by Crippen LogP contribution is -2.33. The molecule has 1 heterocycles. The predicted molar refractivity (Wildman–Crippen MR) is 52.2 cm³/mol. The van der Waals surface area contributed by atoms with Gasteiger partial charge in [-0.1, -0.05) is 25.5 Å². The maximum Gasteiger partial charge on any atom is 0.0698 e. The normalized spacial score (nSPS) is 30.6. The highest BCUT2D eigenvalue weighted by Gasteiger charge is 2.28. The molecule has 0 spiro atoms. The number of hydrogen-bond donors (Lipinski definition) is 0. The summed E-state index contributed by atoms with van der Waals surface area (Å²) in [4.78, 5) is 0. The molecule has 0 saturated carbocycles. The van der Waals surface area contributed by atoms with E-state index in [2.05, 4.69) is 33.8 Å². The van der Waals surface area contributed by atoms with Crippen LogP contribution in [-0.2, 0) is 4.74 Å². The zero-order valence-electron chi connectivity index (χ0n) is 8.68. The summed E-state index contributed by atoms with van der Waals surface area (Å²) in [5.41, 5.74) is 1.58. The minimum absolute atomic E-state index is 0.104. The second kappa shape index (κ2) is 3.61. The molecule has 1 atom stereocenters. The van der Waals surface area contributed by atoms with Gasteiger partial charge in [-0.3, -0.25) is 0 Å². The lowest BCUT2D eigenvalue weighted by molar-refractivity contribution is -0.0389. The molecule has 12 heavy (non-hydrogen) atoms. The molecule has 0 aromatic carbocycles. The maximum atomic E-state index is 5.77. The smallest absolute Gasteiger partial charge is 0.0698 e. The molecule has 1 rings (SSSR count). The Labute approximate surface area is 75.8 Å². The fraction of sp³-hybridized carbons (Fsp3) is 0.818. The van der Waals surface area contributed by atoms with Gasteiger partial charge in [0.25, 0.3) is 0 Å². The van der Waals surface area contributed by atoms with Gasteiger partial charge in [0.1, 0.15) is 0 Å². The van der Waals surface area contributed by atoms with Crippen LogP contribution >= 0.6 is 0 Å². The third-order valence-corrected chi connectivity index (χ3v) is 2.36. The quantitative estimate of drug-likeness (QED) is 0.575. The lowest BCUT2D eigenvalue weighted by atomic mass is 9.87. The minimum atomic E-state index is 0.104. The maximum absolute atomic E-state index is 5.77. The molecule has 0 aliphatic carbocycles. The summed E-state index contributed by atoms with van der Waals surface area (Å²) in [5.74, 6) is 0.723. The fourth-order valence-electron chi connectivity index (χ4n) is 2.09. The van der Waals surface area contributed by atoms with E-state index < -0.39 is 0 Å². The standard InChI is InChI=1S/C11H20O/c1-9(2)7-11(4)8-10(3)5-6-12-11/h5,9H,6-8H2,1-4H3. The molecule has 70 valence electrons. The van der Waals surface area contributed by atoms with Gasteiger partial charge in [0.15, 0.2) is 0 Å². The van der Waals surface area contributed by atoms with Crippen molar-refractivity contribution in [3.8, 4) is 0 Å². The van der Waals surface area contributed by atoms with Gasteiger partial charge >= 0.3 is 0 Å². The van der Waals surface area contributed by atoms with Crippen molar-refractivity contribution in [2.45, 2.75) is 46.1 Å². The zero-order chi connectivity index (χ0) is 9.19. The Morgan fingerprint density at radius 1 is 1.58 bits per heavy atom. The first-order valence-electron chi connectivity index (χ1n) is 4.81. The summed E-state index contributed by atoms with van der Waals surface area (Å²) < 4.78 is 5.77. The van der Waals surface area contributed by atoms with Crippen LogP contribution in [-0.4, -0.2) is 12.2 Å². The summed E-state index contributed by atoms with van der Waals surface area (Å²) in [6, 6.07) is 0. The van der Waals surface area contributed by atoms with Crippen LogP contribution in [0, 0.1) is 5.92 Å². The third kappa shape index (κ3) is 2.63. The van der Waals surface area contributed by atoms with Gasteiger partial charge in [-0.05, 0) is 32.6 Å². The van der Waals surface area contributed by atoms with E-state index in [-0.39, 0.29) is 5.60 Å². The highest BCUT2D eigenvalue weighted by molar-refractivity contribution is 5.07. The highest BCUT2D eigenvalue weighted by atomic mass is 16.5. The third-order valence-electron chi connectivity index (χ3n) is 2.36. The van der Waals surface area contributed by atoms with Crippen LogP contribution in [0.2, 0.25) is 0 Å². The van der Waals surface area contributed by atoms with Crippen LogP contribution in [0.3, 0.4) is 0 Å². The van der Waals surface area contributed by atoms with Crippen molar-refractivity contribution < 1.29 is 4.74 Å². The van der Waals surface area contributed by atoms with Crippen LogP contribution < -0.4 is 0 Å². The van der Waals surface area contributed by atoms with Gasteiger partial charge in [-0.2, -0.15) is 0 Å². The summed E-state index contributed by atoms with van der Waals surface area (Å²) >= 11 is 0.